The van der Waals surface area contributed by atoms with Crippen molar-refractivity contribution in [1.82, 2.24) is 10.2 Å². The third kappa shape index (κ3) is 4.31. The lowest BCUT2D eigenvalue weighted by Gasteiger charge is -2.25. The van der Waals surface area contributed by atoms with Gasteiger partial charge in [-0.3, -0.25) is 14.6 Å². The van der Waals surface area contributed by atoms with E-state index >= 15 is 0 Å². The molecule has 0 aromatic heterocycles. The summed E-state index contributed by atoms with van der Waals surface area (Å²) in [5.41, 5.74) is 2.68. The van der Waals surface area contributed by atoms with E-state index in [9.17, 15) is 9.59 Å². The zero-order valence-corrected chi connectivity index (χ0v) is 17.7. The summed E-state index contributed by atoms with van der Waals surface area (Å²) >= 11 is 1.28. The highest BCUT2D eigenvalue weighted by molar-refractivity contribution is 8.14. The van der Waals surface area contributed by atoms with Crippen LogP contribution in [0.3, 0.4) is 0 Å². The Morgan fingerprint density at radius 3 is 2.70 bits per heavy atom. The maximum Gasteiger partial charge on any atom is 0.259 e. The molecule has 1 N–H and O–H groups in total. The van der Waals surface area contributed by atoms with Crippen LogP contribution in [-0.4, -0.2) is 46.1 Å². The number of hydrogen-bond donors (Lipinski definition) is 1. The third-order valence-electron chi connectivity index (χ3n) is 5.00. The van der Waals surface area contributed by atoms with Crippen molar-refractivity contribution >= 4 is 40.3 Å². The summed E-state index contributed by atoms with van der Waals surface area (Å²) in [5.74, 6) is 0.688. The molecule has 2 aliphatic heterocycles. The van der Waals surface area contributed by atoms with Gasteiger partial charge in [-0.1, -0.05) is 67.6 Å². The minimum Gasteiger partial charge on any atom is -0.355 e. The van der Waals surface area contributed by atoms with Crippen molar-refractivity contribution in [2.45, 2.75) is 32.2 Å². The molecule has 0 saturated heterocycles. The average Bonchev–Trinajstić information content (AvgIpc) is 3.09. The molecule has 2 heterocycles. The summed E-state index contributed by atoms with van der Waals surface area (Å²) in [6.45, 7) is 2.75. The van der Waals surface area contributed by atoms with Crippen LogP contribution in [0, 0.1) is 0 Å². The number of nitrogens with one attached hydrogen (secondary N) is 1. The lowest BCUT2D eigenvalue weighted by molar-refractivity contribution is -0.124. The van der Waals surface area contributed by atoms with E-state index in [1.54, 1.807) is 4.90 Å². The number of nitrogens with zero attached hydrogens (tertiary/aromatic N) is 3. The van der Waals surface area contributed by atoms with Crippen LogP contribution in [0.15, 0.2) is 64.6 Å². The normalized spacial score (nSPS) is 17.2. The monoisotopic (exact) mass is 420 g/mol. The lowest BCUT2D eigenvalue weighted by Crippen LogP contribution is -2.42. The lowest BCUT2D eigenvalue weighted by atomic mass is 10.1. The smallest absolute Gasteiger partial charge is 0.259 e. The number of amidine groups is 2. The number of amides is 2. The third-order valence-corrected chi connectivity index (χ3v) is 5.94. The van der Waals surface area contributed by atoms with Crippen LogP contribution in [-0.2, 0) is 16.0 Å². The Hall–Kier alpha value is -2.93. The van der Waals surface area contributed by atoms with Crippen LogP contribution in [0.4, 0.5) is 5.69 Å². The highest BCUT2D eigenvalue weighted by Gasteiger charge is 2.41. The summed E-state index contributed by atoms with van der Waals surface area (Å²) in [7, 11) is 0. The van der Waals surface area contributed by atoms with Crippen molar-refractivity contribution in [2.24, 2.45) is 9.98 Å². The Morgan fingerprint density at radius 1 is 1.13 bits per heavy atom. The largest absolute Gasteiger partial charge is 0.355 e. The molecule has 7 heteroatoms. The van der Waals surface area contributed by atoms with E-state index in [4.69, 9.17) is 4.99 Å². The molecule has 154 valence electrons. The van der Waals surface area contributed by atoms with E-state index in [0.29, 0.717) is 24.0 Å². The Labute approximate surface area is 180 Å². The first kappa shape index (κ1) is 20.3. The van der Waals surface area contributed by atoms with Crippen LogP contribution in [0.1, 0.15) is 30.9 Å². The van der Waals surface area contributed by atoms with E-state index in [1.165, 1.54) is 11.8 Å². The first-order chi connectivity index (χ1) is 14.7. The molecule has 0 radical (unpaired) electrons. The van der Waals surface area contributed by atoms with Gasteiger partial charge in [-0.15, -0.1) is 0 Å². The van der Waals surface area contributed by atoms with Gasteiger partial charge in [0.1, 0.15) is 11.9 Å². The fourth-order valence-electron chi connectivity index (χ4n) is 3.45. The number of carbonyl (C=O) groups is 2. The Balaban J connectivity index is 1.55. The van der Waals surface area contributed by atoms with Crippen LogP contribution in [0.2, 0.25) is 0 Å². The predicted molar refractivity (Wildman–Crippen MR) is 121 cm³/mol. The van der Waals surface area contributed by atoms with Gasteiger partial charge in [0.2, 0.25) is 5.91 Å². The Bertz CT molecular complexity index is 1000. The number of unbranched alkanes of at least 4 members (excludes halogenated alkanes) is 1. The van der Waals surface area contributed by atoms with E-state index in [0.717, 1.165) is 29.7 Å². The van der Waals surface area contributed by atoms with Crippen LogP contribution in [0.25, 0.3) is 0 Å². The fourth-order valence-corrected chi connectivity index (χ4v) is 4.29. The molecule has 30 heavy (non-hydrogen) atoms. The summed E-state index contributed by atoms with van der Waals surface area (Å²) in [6.07, 6.45) is 2.52. The maximum absolute atomic E-state index is 13.2. The first-order valence-electron chi connectivity index (χ1n) is 10.2. The van der Waals surface area contributed by atoms with Gasteiger partial charge in [0.15, 0.2) is 5.17 Å². The second-order valence-corrected chi connectivity index (χ2v) is 8.18. The van der Waals surface area contributed by atoms with Crippen molar-refractivity contribution in [3.8, 4) is 0 Å². The van der Waals surface area contributed by atoms with E-state index < -0.39 is 6.04 Å². The number of carbonyl (C=O) groups excluding carboxylic acids is 2. The van der Waals surface area contributed by atoms with Gasteiger partial charge in [0.05, 0.1) is 11.4 Å². The van der Waals surface area contributed by atoms with Gasteiger partial charge in [0.25, 0.3) is 5.91 Å². The first-order valence-corrected chi connectivity index (χ1v) is 11.2. The number of para-hydroxylation sites is 1. The molecule has 2 aromatic rings. The highest BCUT2D eigenvalue weighted by Crippen LogP contribution is 2.34. The molecule has 0 aliphatic carbocycles. The molecule has 1 atom stereocenters. The summed E-state index contributed by atoms with van der Waals surface area (Å²) < 4.78 is 0. The molecular weight excluding hydrogens is 396 g/mol. The standard InChI is InChI=1S/C23H24N4O2S/c1-2-3-13-24-20(28)15-30-23-26-18-12-8-7-11-17(18)21-25-19(22(29)27(21)23)14-16-9-5-4-6-10-16/h4-12,19H,2-3,13-15H2,1H3,(H,24,28). The van der Waals surface area contributed by atoms with Crippen LogP contribution >= 0.6 is 11.8 Å². The molecule has 1 unspecified atom stereocenters. The van der Waals surface area contributed by atoms with Gasteiger partial charge in [-0.25, -0.2) is 9.89 Å². The molecule has 0 spiro atoms. The summed E-state index contributed by atoms with van der Waals surface area (Å²) in [5, 5.41) is 3.42. The van der Waals surface area contributed by atoms with E-state index in [-0.39, 0.29) is 17.6 Å². The zero-order valence-electron chi connectivity index (χ0n) is 16.9. The molecule has 2 aliphatic rings. The van der Waals surface area contributed by atoms with Crippen molar-refractivity contribution in [3.63, 3.8) is 0 Å². The molecule has 0 saturated carbocycles. The molecule has 2 aromatic carbocycles. The maximum atomic E-state index is 13.2. The van der Waals surface area contributed by atoms with Gasteiger partial charge >= 0.3 is 0 Å². The second kappa shape index (κ2) is 9.26. The molecule has 6 nitrogen and oxygen atoms in total. The zero-order chi connectivity index (χ0) is 20.9. The number of rotatable bonds is 7. The number of benzene rings is 2. The van der Waals surface area contributed by atoms with Gasteiger partial charge in [0, 0.05) is 18.5 Å². The van der Waals surface area contributed by atoms with Crippen molar-refractivity contribution in [3.05, 3.63) is 65.7 Å². The SMILES string of the molecule is CCCCNC(=O)CSC1=Nc2ccccc2C2=NC(Cc3ccccc3)C(=O)N12. The van der Waals surface area contributed by atoms with Gasteiger partial charge in [-0.2, -0.15) is 0 Å². The highest BCUT2D eigenvalue weighted by atomic mass is 32.2. The summed E-state index contributed by atoms with van der Waals surface area (Å²) in [6, 6.07) is 17.1. The van der Waals surface area contributed by atoms with E-state index in [2.05, 4.69) is 17.2 Å². The van der Waals surface area contributed by atoms with Gasteiger partial charge in [-0.05, 0) is 24.1 Å². The molecular formula is C23H24N4O2S. The predicted octanol–water partition coefficient (Wildman–Crippen LogP) is 3.54. The van der Waals surface area contributed by atoms with Crippen LogP contribution in [0.5, 0.6) is 0 Å². The number of fused-ring (bicyclic) bond motifs is 3. The fraction of sp³-hybridized carbons (Fsp3) is 0.304. The summed E-state index contributed by atoms with van der Waals surface area (Å²) in [4.78, 5) is 36.4. The van der Waals surface area contributed by atoms with Crippen molar-refractivity contribution < 1.29 is 9.59 Å². The minimum atomic E-state index is -0.488. The number of aliphatic imine (C=N–C) groups is 2. The topological polar surface area (TPSA) is 74.1 Å². The van der Waals surface area contributed by atoms with E-state index in [1.807, 2.05) is 54.6 Å². The average molecular weight is 421 g/mol. The Kier molecular flexibility index (Phi) is 6.28. The van der Waals surface area contributed by atoms with Crippen molar-refractivity contribution in [1.29, 1.82) is 0 Å². The van der Waals surface area contributed by atoms with Crippen molar-refractivity contribution in [2.75, 3.05) is 12.3 Å². The molecule has 0 bridgehead atoms. The van der Waals surface area contributed by atoms with Crippen LogP contribution < -0.4 is 5.32 Å². The number of hydrogen-bond acceptors (Lipinski definition) is 5. The molecule has 4 rings (SSSR count). The second-order valence-electron chi connectivity index (χ2n) is 7.24. The van der Waals surface area contributed by atoms with Gasteiger partial charge < -0.3 is 5.32 Å². The molecule has 0 fully saturated rings. The minimum absolute atomic E-state index is 0.0546. The quantitative estimate of drug-likeness (QED) is 0.697. The number of thioether (sulfide) groups is 1. The molecule has 2 amide bonds. The Morgan fingerprint density at radius 2 is 1.90 bits per heavy atom.